The maximum Gasteiger partial charge on any atom is 0.192 e. The lowest BCUT2D eigenvalue weighted by atomic mass is 10.0. The fourth-order valence-corrected chi connectivity index (χ4v) is 2.74. The van der Waals surface area contributed by atoms with E-state index >= 15 is 0 Å². The summed E-state index contributed by atoms with van der Waals surface area (Å²) >= 11 is 0. The standard InChI is InChI=1S/C13H26O3Si/c1-10-7-11(8-14)16-12(10)9-15-17(5,6)13(2,3)4/h8,10-12H,7,9H2,1-6H3/t10-,11+,12+/m1/s1. The van der Waals surface area contributed by atoms with Crippen LogP contribution in [0, 0.1) is 5.92 Å². The number of hydrogen-bond acceptors (Lipinski definition) is 3. The lowest BCUT2D eigenvalue weighted by Crippen LogP contribution is -2.43. The van der Waals surface area contributed by atoms with E-state index in [1.54, 1.807) is 0 Å². The highest BCUT2D eigenvalue weighted by molar-refractivity contribution is 6.74. The monoisotopic (exact) mass is 258 g/mol. The number of rotatable bonds is 4. The van der Waals surface area contributed by atoms with Crippen LogP contribution in [0.3, 0.4) is 0 Å². The summed E-state index contributed by atoms with van der Waals surface area (Å²) in [4.78, 5) is 10.7. The highest BCUT2D eigenvalue weighted by Crippen LogP contribution is 2.37. The topological polar surface area (TPSA) is 35.5 Å². The van der Waals surface area contributed by atoms with Gasteiger partial charge in [0, 0.05) is 0 Å². The molecule has 0 bridgehead atoms. The summed E-state index contributed by atoms with van der Waals surface area (Å²) in [5.41, 5.74) is 0. The van der Waals surface area contributed by atoms with Gasteiger partial charge in [0.05, 0.1) is 12.7 Å². The van der Waals surface area contributed by atoms with Crippen LogP contribution in [0.15, 0.2) is 0 Å². The first-order valence-electron chi connectivity index (χ1n) is 6.42. The Morgan fingerprint density at radius 3 is 2.41 bits per heavy atom. The molecule has 3 nitrogen and oxygen atoms in total. The molecule has 1 fully saturated rings. The molecule has 17 heavy (non-hydrogen) atoms. The van der Waals surface area contributed by atoms with E-state index in [0.29, 0.717) is 12.5 Å². The van der Waals surface area contributed by atoms with Crippen LogP contribution in [-0.4, -0.2) is 33.4 Å². The van der Waals surface area contributed by atoms with Crippen LogP contribution in [0.1, 0.15) is 34.1 Å². The molecule has 1 aliphatic heterocycles. The van der Waals surface area contributed by atoms with Crippen LogP contribution in [-0.2, 0) is 14.0 Å². The van der Waals surface area contributed by atoms with Crippen LogP contribution in [0.2, 0.25) is 18.1 Å². The van der Waals surface area contributed by atoms with Crippen molar-refractivity contribution in [3.05, 3.63) is 0 Å². The fraction of sp³-hybridized carbons (Fsp3) is 0.923. The number of ether oxygens (including phenoxy) is 1. The number of hydrogen-bond donors (Lipinski definition) is 0. The van der Waals surface area contributed by atoms with E-state index in [1.165, 1.54) is 0 Å². The van der Waals surface area contributed by atoms with Crippen LogP contribution >= 0.6 is 0 Å². The van der Waals surface area contributed by atoms with Gasteiger partial charge in [-0.2, -0.15) is 0 Å². The van der Waals surface area contributed by atoms with Crippen molar-refractivity contribution in [3.63, 3.8) is 0 Å². The normalized spacial score (nSPS) is 30.6. The SMILES string of the molecule is C[C@@H]1C[C@@H](C=O)O[C@H]1CO[Si](C)(C)C(C)(C)C. The summed E-state index contributed by atoms with van der Waals surface area (Å²) in [6.45, 7) is 13.9. The van der Waals surface area contributed by atoms with Crippen LogP contribution in [0.4, 0.5) is 0 Å². The summed E-state index contributed by atoms with van der Waals surface area (Å²) in [7, 11) is -1.70. The third-order valence-electron chi connectivity index (χ3n) is 4.15. The maximum atomic E-state index is 10.7. The second kappa shape index (κ2) is 5.20. The van der Waals surface area contributed by atoms with E-state index in [2.05, 4.69) is 40.8 Å². The molecule has 1 rings (SSSR count). The third kappa shape index (κ3) is 3.63. The van der Waals surface area contributed by atoms with Crippen molar-refractivity contribution in [1.29, 1.82) is 0 Å². The number of carbonyl (C=O) groups is 1. The fourth-order valence-electron chi connectivity index (χ4n) is 1.73. The van der Waals surface area contributed by atoms with E-state index in [4.69, 9.17) is 9.16 Å². The molecule has 1 heterocycles. The molecule has 100 valence electrons. The summed E-state index contributed by atoms with van der Waals surface area (Å²) in [6, 6.07) is 0. The van der Waals surface area contributed by atoms with Crippen LogP contribution in [0.25, 0.3) is 0 Å². The Bertz CT molecular complexity index is 270. The zero-order chi connectivity index (χ0) is 13.3. The van der Waals surface area contributed by atoms with Gasteiger partial charge in [0.2, 0.25) is 0 Å². The second-order valence-corrected chi connectivity index (χ2v) is 11.4. The Labute approximate surface area is 106 Å². The summed E-state index contributed by atoms with van der Waals surface area (Å²) in [5.74, 6) is 0.412. The average molecular weight is 258 g/mol. The zero-order valence-corrected chi connectivity index (χ0v) is 12.9. The van der Waals surface area contributed by atoms with Gasteiger partial charge in [-0.15, -0.1) is 0 Å². The van der Waals surface area contributed by atoms with Gasteiger partial charge < -0.3 is 14.0 Å². The van der Waals surface area contributed by atoms with Gasteiger partial charge in [0.15, 0.2) is 8.32 Å². The molecule has 4 heteroatoms. The van der Waals surface area contributed by atoms with Gasteiger partial charge in [0.1, 0.15) is 12.4 Å². The van der Waals surface area contributed by atoms with Crippen LogP contribution < -0.4 is 0 Å². The van der Waals surface area contributed by atoms with Gasteiger partial charge in [-0.1, -0.05) is 27.7 Å². The molecule has 0 N–H and O–H groups in total. The maximum absolute atomic E-state index is 10.7. The first kappa shape index (κ1) is 14.9. The van der Waals surface area contributed by atoms with Crippen molar-refractivity contribution in [1.82, 2.24) is 0 Å². The zero-order valence-electron chi connectivity index (χ0n) is 11.9. The first-order chi connectivity index (χ1) is 7.67. The molecule has 0 aromatic carbocycles. The van der Waals surface area contributed by atoms with Crippen molar-refractivity contribution < 1.29 is 14.0 Å². The number of aldehydes is 1. The molecule has 3 atom stereocenters. The quantitative estimate of drug-likeness (QED) is 0.574. The molecule has 0 saturated carbocycles. The first-order valence-corrected chi connectivity index (χ1v) is 9.33. The molecule has 0 unspecified atom stereocenters. The van der Waals surface area contributed by atoms with Crippen LogP contribution in [0.5, 0.6) is 0 Å². The Morgan fingerprint density at radius 1 is 1.41 bits per heavy atom. The Balaban J connectivity index is 2.49. The summed E-state index contributed by atoms with van der Waals surface area (Å²) in [5, 5.41) is 0.221. The van der Waals surface area contributed by atoms with E-state index in [-0.39, 0.29) is 17.2 Å². The van der Waals surface area contributed by atoms with Gasteiger partial charge in [0.25, 0.3) is 0 Å². The van der Waals surface area contributed by atoms with Crippen molar-refractivity contribution in [2.45, 2.75) is 64.5 Å². The number of carbonyl (C=O) groups excluding carboxylic acids is 1. The summed E-state index contributed by atoms with van der Waals surface area (Å²) < 4.78 is 11.8. The molecule has 0 aromatic heterocycles. The third-order valence-corrected chi connectivity index (χ3v) is 8.66. The molecular weight excluding hydrogens is 232 g/mol. The summed E-state index contributed by atoms with van der Waals surface area (Å²) in [6.07, 6.45) is 1.59. The molecular formula is C13H26O3Si. The molecule has 0 aliphatic carbocycles. The van der Waals surface area contributed by atoms with Gasteiger partial charge >= 0.3 is 0 Å². The molecule has 1 aliphatic rings. The largest absolute Gasteiger partial charge is 0.414 e. The second-order valence-electron chi connectivity index (χ2n) is 6.63. The van der Waals surface area contributed by atoms with Crippen molar-refractivity contribution >= 4 is 14.6 Å². The van der Waals surface area contributed by atoms with E-state index in [0.717, 1.165) is 12.7 Å². The minimum absolute atomic E-state index is 0.0827. The van der Waals surface area contributed by atoms with Gasteiger partial charge in [-0.3, -0.25) is 0 Å². The molecule has 0 radical (unpaired) electrons. The minimum Gasteiger partial charge on any atom is -0.414 e. The van der Waals surface area contributed by atoms with Crippen molar-refractivity contribution in [3.8, 4) is 0 Å². The van der Waals surface area contributed by atoms with E-state index in [1.807, 2.05) is 0 Å². The smallest absolute Gasteiger partial charge is 0.192 e. The molecule has 0 amide bonds. The molecule has 1 saturated heterocycles. The van der Waals surface area contributed by atoms with Gasteiger partial charge in [-0.25, -0.2) is 0 Å². The van der Waals surface area contributed by atoms with Crippen molar-refractivity contribution in [2.75, 3.05) is 6.61 Å². The highest BCUT2D eigenvalue weighted by atomic mass is 28.4. The van der Waals surface area contributed by atoms with Gasteiger partial charge in [-0.05, 0) is 30.5 Å². The predicted octanol–water partition coefficient (Wildman–Crippen LogP) is 3.00. The average Bonchev–Trinajstić information content (AvgIpc) is 2.55. The van der Waals surface area contributed by atoms with E-state index < -0.39 is 8.32 Å². The highest BCUT2D eigenvalue weighted by Gasteiger charge is 2.39. The minimum atomic E-state index is -1.70. The predicted molar refractivity (Wildman–Crippen MR) is 71.7 cm³/mol. The molecule has 0 aromatic rings. The molecule has 0 spiro atoms. The lowest BCUT2D eigenvalue weighted by Gasteiger charge is -2.37. The lowest BCUT2D eigenvalue weighted by molar-refractivity contribution is -0.118. The Hall–Kier alpha value is -0.193. The Morgan fingerprint density at radius 2 is 2.00 bits per heavy atom. The van der Waals surface area contributed by atoms with E-state index in [9.17, 15) is 4.79 Å². The van der Waals surface area contributed by atoms with Crippen molar-refractivity contribution in [2.24, 2.45) is 5.92 Å². The Kier molecular flexibility index (Phi) is 4.55.